The van der Waals surface area contributed by atoms with E-state index in [0.717, 1.165) is 0 Å². The third-order valence-electron chi connectivity index (χ3n) is 1.97. The van der Waals surface area contributed by atoms with Crippen LogP contribution in [0.3, 0.4) is 0 Å². The molecule has 0 heterocycles. The maximum absolute atomic E-state index is 11.9. The van der Waals surface area contributed by atoms with E-state index in [4.69, 9.17) is 15.2 Å². The van der Waals surface area contributed by atoms with Crippen molar-refractivity contribution in [2.45, 2.75) is 39.9 Å². The number of hydrogen-bond acceptors (Lipinski definition) is 4. The van der Waals surface area contributed by atoms with Crippen molar-refractivity contribution in [1.82, 2.24) is 0 Å². The van der Waals surface area contributed by atoms with Crippen LogP contribution in [0.25, 0.3) is 0 Å². The highest BCUT2D eigenvalue weighted by Crippen LogP contribution is 2.26. The number of carbonyl (C=O) groups excluding carboxylic acids is 1. The van der Waals surface area contributed by atoms with E-state index in [1.165, 1.54) is 0 Å². The van der Waals surface area contributed by atoms with Gasteiger partial charge in [0, 0.05) is 5.69 Å². The van der Waals surface area contributed by atoms with Crippen molar-refractivity contribution in [2.24, 2.45) is 0 Å². The largest absolute Gasteiger partial charge is 0.490 e. The molecule has 1 aromatic carbocycles. The van der Waals surface area contributed by atoms with Crippen molar-refractivity contribution in [3.05, 3.63) is 23.8 Å². The Hall–Kier alpha value is -1.71. The molecule has 0 aromatic heterocycles. The lowest BCUT2D eigenvalue weighted by Gasteiger charge is -2.16. The summed E-state index contributed by atoms with van der Waals surface area (Å²) in [6, 6.07) is 5.12. The van der Waals surface area contributed by atoms with Gasteiger partial charge in [-0.2, -0.15) is 0 Å². The van der Waals surface area contributed by atoms with Crippen molar-refractivity contribution in [2.75, 3.05) is 5.73 Å². The second-order valence-corrected chi connectivity index (χ2v) is 4.34. The number of hydrogen-bond donors (Lipinski definition) is 1. The summed E-state index contributed by atoms with van der Waals surface area (Å²) < 4.78 is 10.7. The van der Waals surface area contributed by atoms with Crippen molar-refractivity contribution >= 4 is 11.7 Å². The molecule has 0 saturated carbocycles. The minimum atomic E-state index is -0.450. The van der Waals surface area contributed by atoms with Crippen molar-refractivity contribution in [1.29, 1.82) is 0 Å². The fourth-order valence-electron chi connectivity index (χ4n) is 1.39. The van der Waals surface area contributed by atoms with Gasteiger partial charge >= 0.3 is 5.97 Å². The second-order valence-electron chi connectivity index (χ2n) is 4.34. The van der Waals surface area contributed by atoms with Crippen molar-refractivity contribution in [3.63, 3.8) is 0 Å². The van der Waals surface area contributed by atoms with Gasteiger partial charge in [-0.15, -0.1) is 0 Å². The monoisotopic (exact) mass is 237 g/mol. The first kappa shape index (κ1) is 13.4. The van der Waals surface area contributed by atoms with E-state index in [9.17, 15) is 4.79 Å². The van der Waals surface area contributed by atoms with Crippen LogP contribution >= 0.6 is 0 Å². The van der Waals surface area contributed by atoms with Gasteiger partial charge in [0.15, 0.2) is 0 Å². The van der Waals surface area contributed by atoms with Crippen LogP contribution in [0.15, 0.2) is 18.2 Å². The Morgan fingerprint density at radius 3 is 2.35 bits per heavy atom. The van der Waals surface area contributed by atoms with Crippen LogP contribution in [0.1, 0.15) is 38.1 Å². The molecule has 0 aliphatic rings. The van der Waals surface area contributed by atoms with Crippen LogP contribution in [0.2, 0.25) is 0 Å². The van der Waals surface area contributed by atoms with Gasteiger partial charge in [0.25, 0.3) is 0 Å². The Bertz CT molecular complexity index is 400. The van der Waals surface area contributed by atoms with Crippen LogP contribution < -0.4 is 10.5 Å². The Balaban J connectivity index is 3.06. The molecular weight excluding hydrogens is 218 g/mol. The molecule has 4 heteroatoms. The fraction of sp³-hybridized carbons (Fsp3) is 0.462. The summed E-state index contributed by atoms with van der Waals surface area (Å²) in [7, 11) is 0. The number of carbonyl (C=O) groups is 1. The summed E-state index contributed by atoms with van der Waals surface area (Å²) in [6.45, 7) is 7.36. The molecule has 0 fully saturated rings. The van der Waals surface area contributed by atoms with Gasteiger partial charge in [-0.1, -0.05) is 6.07 Å². The van der Waals surface area contributed by atoms with E-state index in [2.05, 4.69) is 0 Å². The molecule has 1 aromatic rings. The maximum atomic E-state index is 11.9. The molecule has 1 rings (SSSR count). The van der Waals surface area contributed by atoms with Crippen LogP contribution in [0.4, 0.5) is 5.69 Å². The summed E-state index contributed by atoms with van der Waals surface area (Å²) in [5, 5.41) is 0. The molecule has 0 bridgehead atoms. The molecule has 4 nitrogen and oxygen atoms in total. The maximum Gasteiger partial charge on any atom is 0.344 e. The first-order valence-electron chi connectivity index (χ1n) is 5.68. The summed E-state index contributed by atoms with van der Waals surface area (Å²) in [5.41, 5.74) is 6.46. The van der Waals surface area contributed by atoms with Gasteiger partial charge in [0.2, 0.25) is 0 Å². The highest BCUT2D eigenvalue weighted by molar-refractivity contribution is 5.98. The van der Waals surface area contributed by atoms with Gasteiger partial charge in [-0.25, -0.2) is 4.79 Å². The average Bonchev–Trinajstić information content (AvgIpc) is 2.14. The second kappa shape index (κ2) is 5.57. The number of anilines is 1. The lowest BCUT2D eigenvalue weighted by atomic mass is 10.1. The molecule has 0 aliphatic carbocycles. The molecule has 0 unspecified atom stereocenters. The first-order chi connectivity index (χ1) is 7.91. The minimum absolute atomic E-state index is 0.0256. The Morgan fingerprint density at radius 2 is 1.82 bits per heavy atom. The Kier molecular flexibility index (Phi) is 4.37. The van der Waals surface area contributed by atoms with Crippen LogP contribution in [0, 0.1) is 0 Å². The van der Waals surface area contributed by atoms with Crippen LogP contribution in [0.5, 0.6) is 5.75 Å². The quantitative estimate of drug-likeness (QED) is 0.646. The van der Waals surface area contributed by atoms with Gasteiger partial charge in [0.05, 0.1) is 12.2 Å². The molecule has 2 N–H and O–H groups in total. The molecule has 0 atom stereocenters. The van der Waals surface area contributed by atoms with Crippen LogP contribution in [-0.2, 0) is 4.74 Å². The molecule has 0 amide bonds. The van der Waals surface area contributed by atoms with E-state index in [-0.39, 0.29) is 12.2 Å². The highest BCUT2D eigenvalue weighted by Gasteiger charge is 2.19. The number of ether oxygens (including phenoxy) is 2. The van der Waals surface area contributed by atoms with E-state index in [1.54, 1.807) is 32.0 Å². The summed E-state index contributed by atoms with van der Waals surface area (Å²) >= 11 is 0. The van der Waals surface area contributed by atoms with E-state index < -0.39 is 5.97 Å². The van der Waals surface area contributed by atoms with Crippen molar-refractivity contribution < 1.29 is 14.3 Å². The van der Waals surface area contributed by atoms with Gasteiger partial charge in [-0.05, 0) is 39.8 Å². The van der Waals surface area contributed by atoms with Crippen molar-refractivity contribution in [3.8, 4) is 5.75 Å². The third-order valence-corrected chi connectivity index (χ3v) is 1.97. The lowest BCUT2D eigenvalue weighted by Crippen LogP contribution is -2.16. The summed E-state index contributed by atoms with van der Waals surface area (Å²) in [6.07, 6.45) is -0.212. The fourth-order valence-corrected chi connectivity index (χ4v) is 1.39. The first-order valence-corrected chi connectivity index (χ1v) is 5.68. The zero-order valence-electron chi connectivity index (χ0n) is 10.7. The lowest BCUT2D eigenvalue weighted by molar-refractivity contribution is 0.0373. The number of benzene rings is 1. The van der Waals surface area contributed by atoms with E-state index in [0.29, 0.717) is 17.0 Å². The molecule has 17 heavy (non-hydrogen) atoms. The number of esters is 1. The molecule has 0 aliphatic heterocycles. The van der Waals surface area contributed by atoms with E-state index >= 15 is 0 Å². The van der Waals surface area contributed by atoms with Crippen LogP contribution in [-0.4, -0.2) is 18.2 Å². The SMILES string of the molecule is CC(C)OC(=O)c1c(N)cccc1OC(C)C. The zero-order chi connectivity index (χ0) is 13.0. The minimum Gasteiger partial charge on any atom is -0.490 e. The highest BCUT2D eigenvalue weighted by atomic mass is 16.5. The summed E-state index contributed by atoms with van der Waals surface area (Å²) in [4.78, 5) is 11.9. The number of nitrogen functional groups attached to an aromatic ring is 1. The number of rotatable bonds is 4. The molecular formula is C13H19NO3. The predicted molar refractivity (Wildman–Crippen MR) is 67.2 cm³/mol. The Morgan fingerprint density at radius 1 is 1.18 bits per heavy atom. The summed E-state index contributed by atoms with van der Waals surface area (Å²) in [5.74, 6) is 0.0133. The molecule has 94 valence electrons. The topological polar surface area (TPSA) is 61.5 Å². The van der Waals surface area contributed by atoms with Gasteiger partial charge in [0.1, 0.15) is 11.3 Å². The zero-order valence-corrected chi connectivity index (χ0v) is 10.7. The van der Waals surface area contributed by atoms with Gasteiger partial charge in [-0.3, -0.25) is 0 Å². The third kappa shape index (κ3) is 3.66. The standard InChI is InChI=1S/C13H19NO3/c1-8(2)16-11-7-5-6-10(14)12(11)13(15)17-9(3)4/h5-9H,14H2,1-4H3. The molecule has 0 saturated heterocycles. The van der Waals surface area contributed by atoms with Gasteiger partial charge < -0.3 is 15.2 Å². The molecule has 0 spiro atoms. The van der Waals surface area contributed by atoms with E-state index in [1.807, 2.05) is 13.8 Å². The molecule has 0 radical (unpaired) electrons. The normalized spacial score (nSPS) is 10.7. The number of nitrogens with two attached hydrogens (primary N) is 1. The average molecular weight is 237 g/mol. The smallest absolute Gasteiger partial charge is 0.344 e. The predicted octanol–water partition coefficient (Wildman–Crippen LogP) is 2.62. The Labute approximate surface area is 102 Å².